The van der Waals surface area contributed by atoms with E-state index in [-0.39, 0.29) is 11.8 Å². The van der Waals surface area contributed by atoms with Crippen LogP contribution in [0.4, 0.5) is 11.4 Å². The second kappa shape index (κ2) is 16.6. The van der Waals surface area contributed by atoms with Gasteiger partial charge in [-0.3, -0.25) is 9.59 Å². The first kappa shape index (κ1) is 28.0. The van der Waals surface area contributed by atoms with Crippen LogP contribution in [0.1, 0.15) is 108 Å². The third-order valence-electron chi connectivity index (χ3n) is 6.05. The summed E-state index contributed by atoms with van der Waals surface area (Å²) >= 11 is 0. The van der Waals surface area contributed by atoms with Gasteiger partial charge in [-0.2, -0.15) is 0 Å². The minimum atomic E-state index is 0.000150. The number of hydrogen-bond donors (Lipinski definition) is 1. The van der Waals surface area contributed by atoms with Gasteiger partial charge in [0.1, 0.15) is 0 Å². The van der Waals surface area contributed by atoms with Crippen LogP contribution < -0.4 is 10.2 Å². The predicted octanol–water partition coefficient (Wildman–Crippen LogP) is 6.87. The minimum absolute atomic E-state index is 0.000150. The quantitative estimate of drug-likeness (QED) is 0.266. The summed E-state index contributed by atoms with van der Waals surface area (Å²) in [5.41, 5.74) is 2.19. The van der Waals surface area contributed by atoms with Crippen LogP contribution in [0.5, 0.6) is 0 Å². The molecule has 1 aromatic rings. The van der Waals surface area contributed by atoms with E-state index in [1.165, 1.54) is 57.8 Å². The number of hydrogen-bond acceptors (Lipinski definition) is 3. The second-order valence-electron chi connectivity index (χ2n) is 8.94. The van der Waals surface area contributed by atoms with Crippen LogP contribution in [-0.4, -0.2) is 43.9 Å². The zero-order valence-electron chi connectivity index (χ0n) is 21.3. The van der Waals surface area contributed by atoms with Crippen molar-refractivity contribution < 1.29 is 9.59 Å². The molecule has 1 N–H and O–H groups in total. The van der Waals surface area contributed by atoms with Gasteiger partial charge in [-0.25, -0.2) is 0 Å². The summed E-state index contributed by atoms with van der Waals surface area (Å²) in [4.78, 5) is 29.1. The van der Waals surface area contributed by atoms with E-state index in [0.29, 0.717) is 30.8 Å². The van der Waals surface area contributed by atoms with Gasteiger partial charge in [-0.05, 0) is 38.5 Å². The molecule has 0 heterocycles. The van der Waals surface area contributed by atoms with E-state index in [9.17, 15) is 9.59 Å². The number of carbonyl (C=O) groups is 2. The molecular formula is C27H47N3O2. The highest BCUT2D eigenvalue weighted by atomic mass is 16.2. The normalized spacial score (nSPS) is 10.8. The number of rotatable bonds is 17. The summed E-state index contributed by atoms with van der Waals surface area (Å²) in [6.07, 6.45) is 14.5. The third-order valence-corrected chi connectivity index (χ3v) is 6.05. The second-order valence-corrected chi connectivity index (χ2v) is 8.94. The zero-order chi connectivity index (χ0) is 23.8. The van der Waals surface area contributed by atoms with Crippen LogP contribution in [-0.2, 0) is 4.79 Å². The van der Waals surface area contributed by atoms with Crippen LogP contribution in [0.15, 0.2) is 18.2 Å². The number of nitrogens with zero attached hydrogens (tertiary/aromatic N) is 2. The third kappa shape index (κ3) is 10.5. The average Bonchev–Trinajstić information content (AvgIpc) is 2.78. The molecule has 0 aromatic heterocycles. The lowest BCUT2D eigenvalue weighted by molar-refractivity contribution is -0.116. The number of nitrogens with one attached hydrogen (secondary N) is 1. The lowest BCUT2D eigenvalue weighted by Crippen LogP contribution is -2.31. The highest BCUT2D eigenvalue weighted by molar-refractivity contribution is 6.02. The van der Waals surface area contributed by atoms with Crippen molar-refractivity contribution in [3.8, 4) is 0 Å². The fourth-order valence-electron chi connectivity index (χ4n) is 4.03. The maximum Gasteiger partial charge on any atom is 0.256 e. The van der Waals surface area contributed by atoms with Crippen LogP contribution in [0.2, 0.25) is 0 Å². The molecule has 0 radical (unpaired) electrons. The van der Waals surface area contributed by atoms with Crippen molar-refractivity contribution in [2.75, 3.05) is 37.4 Å². The lowest BCUT2D eigenvalue weighted by Gasteiger charge is -2.23. The molecule has 5 heteroatoms. The van der Waals surface area contributed by atoms with E-state index >= 15 is 0 Å². The Kier molecular flexibility index (Phi) is 14.5. The van der Waals surface area contributed by atoms with Crippen molar-refractivity contribution in [1.82, 2.24) is 4.90 Å². The van der Waals surface area contributed by atoms with E-state index in [0.717, 1.165) is 18.5 Å². The topological polar surface area (TPSA) is 52.7 Å². The first-order valence-corrected chi connectivity index (χ1v) is 12.8. The van der Waals surface area contributed by atoms with Crippen LogP contribution in [0, 0.1) is 0 Å². The summed E-state index contributed by atoms with van der Waals surface area (Å²) in [5, 5.41) is 2.99. The fraction of sp³-hybridized carbons (Fsp3) is 0.704. The van der Waals surface area contributed by atoms with Crippen molar-refractivity contribution in [2.45, 2.75) is 97.8 Å². The Labute approximate surface area is 196 Å². The van der Waals surface area contributed by atoms with Gasteiger partial charge in [0.15, 0.2) is 0 Å². The van der Waals surface area contributed by atoms with E-state index in [4.69, 9.17) is 0 Å². The summed E-state index contributed by atoms with van der Waals surface area (Å²) in [5.74, 6) is 0.0277. The molecule has 0 bridgehead atoms. The largest absolute Gasteiger partial charge is 0.377 e. The summed E-state index contributed by atoms with van der Waals surface area (Å²) in [7, 11) is 3.86. The Balaban J connectivity index is 2.41. The Morgan fingerprint density at radius 2 is 1.31 bits per heavy atom. The molecule has 1 aromatic carbocycles. The van der Waals surface area contributed by atoms with Crippen LogP contribution in [0.25, 0.3) is 0 Å². The highest BCUT2D eigenvalue weighted by Gasteiger charge is 2.18. The molecule has 0 unspecified atom stereocenters. The molecule has 0 aliphatic heterocycles. The molecule has 0 atom stereocenters. The van der Waals surface area contributed by atoms with Gasteiger partial charge in [-0.1, -0.05) is 71.1 Å². The predicted molar refractivity (Wildman–Crippen MR) is 138 cm³/mol. The van der Waals surface area contributed by atoms with Gasteiger partial charge in [0.2, 0.25) is 5.91 Å². The molecule has 0 aliphatic carbocycles. The van der Waals surface area contributed by atoms with Gasteiger partial charge in [0, 0.05) is 45.0 Å². The standard InChI is InChI=1S/C27H47N3O2/c1-6-9-10-11-12-13-14-15-16-17-18-19-26(31)28-23-20-21-25(29(4)5)24(22-23)27(32)30(7-2)8-3/h20-22H,6-19H2,1-5H3,(H,28,31). The summed E-state index contributed by atoms with van der Waals surface area (Å²) in [6, 6.07) is 5.61. The molecule has 0 fully saturated rings. The molecule has 0 saturated heterocycles. The Morgan fingerprint density at radius 1 is 0.781 bits per heavy atom. The zero-order valence-corrected chi connectivity index (χ0v) is 21.3. The van der Waals surface area contributed by atoms with Crippen molar-refractivity contribution in [1.29, 1.82) is 0 Å². The van der Waals surface area contributed by atoms with E-state index < -0.39 is 0 Å². The summed E-state index contributed by atoms with van der Waals surface area (Å²) in [6.45, 7) is 7.55. The number of amides is 2. The summed E-state index contributed by atoms with van der Waals surface area (Å²) < 4.78 is 0. The molecule has 182 valence electrons. The van der Waals surface area contributed by atoms with Crippen molar-refractivity contribution in [3.05, 3.63) is 23.8 Å². The highest BCUT2D eigenvalue weighted by Crippen LogP contribution is 2.25. The van der Waals surface area contributed by atoms with Crippen molar-refractivity contribution in [3.63, 3.8) is 0 Å². The molecule has 0 spiro atoms. The number of unbranched alkanes of at least 4 members (excludes halogenated alkanes) is 10. The maximum absolute atomic E-state index is 12.9. The Bertz CT molecular complexity index is 669. The molecule has 5 nitrogen and oxygen atoms in total. The molecule has 1 rings (SSSR count). The molecule has 0 saturated carbocycles. The first-order chi connectivity index (χ1) is 15.4. The van der Waals surface area contributed by atoms with E-state index in [1.54, 1.807) is 4.90 Å². The smallest absolute Gasteiger partial charge is 0.256 e. The Hall–Kier alpha value is -2.04. The van der Waals surface area contributed by atoms with Crippen molar-refractivity contribution >= 4 is 23.2 Å². The van der Waals surface area contributed by atoms with E-state index in [2.05, 4.69) is 12.2 Å². The number of benzene rings is 1. The van der Waals surface area contributed by atoms with Gasteiger partial charge in [0.05, 0.1) is 5.56 Å². The SMILES string of the molecule is CCCCCCCCCCCCCC(=O)Nc1ccc(N(C)C)c(C(=O)N(CC)CC)c1. The average molecular weight is 446 g/mol. The lowest BCUT2D eigenvalue weighted by atomic mass is 10.1. The molecule has 32 heavy (non-hydrogen) atoms. The first-order valence-electron chi connectivity index (χ1n) is 12.8. The monoisotopic (exact) mass is 445 g/mol. The van der Waals surface area contributed by atoms with Gasteiger partial charge >= 0.3 is 0 Å². The molecular weight excluding hydrogens is 398 g/mol. The van der Waals surface area contributed by atoms with Crippen LogP contribution >= 0.6 is 0 Å². The molecule has 2 amide bonds. The number of carbonyl (C=O) groups excluding carboxylic acids is 2. The minimum Gasteiger partial charge on any atom is -0.377 e. The van der Waals surface area contributed by atoms with Gasteiger partial charge < -0.3 is 15.1 Å². The fourth-order valence-corrected chi connectivity index (χ4v) is 4.03. The van der Waals surface area contributed by atoms with Crippen molar-refractivity contribution in [2.24, 2.45) is 0 Å². The molecule has 0 aliphatic rings. The number of anilines is 2. The van der Waals surface area contributed by atoms with Gasteiger partial charge in [0.25, 0.3) is 5.91 Å². The Morgan fingerprint density at radius 3 is 1.81 bits per heavy atom. The van der Waals surface area contributed by atoms with E-state index in [1.807, 2.05) is 51.0 Å². The van der Waals surface area contributed by atoms with Crippen LogP contribution in [0.3, 0.4) is 0 Å². The van der Waals surface area contributed by atoms with Gasteiger partial charge in [-0.15, -0.1) is 0 Å². The maximum atomic E-state index is 12.9.